The van der Waals surface area contributed by atoms with E-state index >= 15 is 0 Å². The number of hydrogen-bond donors (Lipinski definition) is 2. The first-order valence-electron chi connectivity index (χ1n) is 7.91. The van der Waals surface area contributed by atoms with Gasteiger partial charge in [0.1, 0.15) is 11.6 Å². The summed E-state index contributed by atoms with van der Waals surface area (Å²) in [4.78, 5) is 16.4. The van der Waals surface area contributed by atoms with Crippen molar-refractivity contribution >= 4 is 11.9 Å². The van der Waals surface area contributed by atoms with Crippen molar-refractivity contribution in [1.82, 2.24) is 20.1 Å². The molecule has 1 amide bonds. The van der Waals surface area contributed by atoms with Gasteiger partial charge in [0.25, 0.3) is 5.91 Å². The number of halogens is 1. The molecule has 2 N–H and O–H groups in total. The number of carbonyl (C=O) groups excluding carboxylic acids is 1. The highest BCUT2D eigenvalue weighted by Gasteiger charge is 2.21. The van der Waals surface area contributed by atoms with E-state index in [1.165, 1.54) is 24.3 Å². The molecule has 3 rings (SSSR count). The topological polar surface area (TPSA) is 81.1 Å². The maximum Gasteiger partial charge on any atom is 0.264 e. The lowest BCUT2D eigenvalue weighted by Gasteiger charge is -2.19. The van der Waals surface area contributed by atoms with Crippen LogP contribution >= 0.6 is 0 Å². The van der Waals surface area contributed by atoms with Crippen LogP contribution in [0.25, 0.3) is 0 Å². The lowest BCUT2D eigenvalue weighted by molar-refractivity contribution is -0.118. The maximum absolute atomic E-state index is 12.8. The SMILES string of the molecule is Cn1nc(C2CCNCC2)nc1NC(=O)COc1ccc(F)cc1. The van der Waals surface area contributed by atoms with E-state index < -0.39 is 0 Å². The number of aryl methyl sites for hydroxylation is 1. The van der Waals surface area contributed by atoms with E-state index in [0.717, 1.165) is 31.8 Å². The van der Waals surface area contributed by atoms with E-state index in [4.69, 9.17) is 4.74 Å². The van der Waals surface area contributed by atoms with Crippen LogP contribution in [-0.2, 0) is 11.8 Å². The maximum atomic E-state index is 12.8. The number of hydrogen-bond acceptors (Lipinski definition) is 5. The molecule has 1 aromatic heterocycles. The summed E-state index contributed by atoms with van der Waals surface area (Å²) in [6.07, 6.45) is 1.98. The van der Waals surface area contributed by atoms with Crippen LogP contribution in [0.4, 0.5) is 10.3 Å². The number of aromatic nitrogens is 3. The minimum Gasteiger partial charge on any atom is -0.484 e. The van der Waals surface area contributed by atoms with Gasteiger partial charge in [-0.15, -0.1) is 0 Å². The number of nitrogens with one attached hydrogen (secondary N) is 2. The highest BCUT2D eigenvalue weighted by molar-refractivity contribution is 5.90. The van der Waals surface area contributed by atoms with E-state index in [2.05, 4.69) is 20.7 Å². The van der Waals surface area contributed by atoms with E-state index in [9.17, 15) is 9.18 Å². The second-order valence-corrected chi connectivity index (χ2v) is 5.73. The highest BCUT2D eigenvalue weighted by Crippen LogP contribution is 2.23. The lowest BCUT2D eigenvalue weighted by atomic mass is 9.98. The molecule has 0 atom stereocenters. The van der Waals surface area contributed by atoms with Crippen molar-refractivity contribution in [2.45, 2.75) is 18.8 Å². The van der Waals surface area contributed by atoms with Crippen LogP contribution in [0.1, 0.15) is 24.6 Å². The zero-order valence-electron chi connectivity index (χ0n) is 13.5. The third kappa shape index (κ3) is 4.08. The van der Waals surface area contributed by atoms with Crippen LogP contribution in [0.3, 0.4) is 0 Å². The molecular weight excluding hydrogens is 313 g/mol. The van der Waals surface area contributed by atoms with Crippen molar-refractivity contribution in [2.75, 3.05) is 25.0 Å². The monoisotopic (exact) mass is 333 g/mol. The summed E-state index contributed by atoms with van der Waals surface area (Å²) in [5.41, 5.74) is 0. The Hall–Kier alpha value is -2.48. The molecular formula is C16H20FN5O2. The first kappa shape index (κ1) is 16.4. The molecule has 1 aliphatic heterocycles. The second kappa shape index (κ2) is 7.39. The Kier molecular flexibility index (Phi) is 5.05. The molecule has 0 spiro atoms. The summed E-state index contributed by atoms with van der Waals surface area (Å²) in [6.45, 7) is 1.73. The average Bonchev–Trinajstić information content (AvgIpc) is 2.96. The molecule has 1 fully saturated rings. The smallest absolute Gasteiger partial charge is 0.264 e. The van der Waals surface area contributed by atoms with Gasteiger partial charge < -0.3 is 10.1 Å². The van der Waals surface area contributed by atoms with Crippen molar-refractivity contribution in [3.8, 4) is 5.75 Å². The Morgan fingerprint density at radius 2 is 2.08 bits per heavy atom. The minimum atomic E-state index is -0.351. The van der Waals surface area contributed by atoms with Crippen molar-refractivity contribution in [1.29, 1.82) is 0 Å². The summed E-state index contributed by atoms with van der Waals surface area (Å²) in [5, 5.41) is 10.4. The standard InChI is InChI=1S/C16H20FN5O2/c1-22-16(20-15(21-22)11-6-8-18-9-7-11)19-14(23)10-24-13-4-2-12(17)3-5-13/h2-5,11,18H,6-10H2,1H3,(H,19,20,21,23). The van der Waals surface area contributed by atoms with Crippen molar-refractivity contribution in [3.63, 3.8) is 0 Å². The van der Waals surface area contributed by atoms with E-state index in [0.29, 0.717) is 17.6 Å². The molecule has 0 aliphatic carbocycles. The number of nitrogens with zero attached hydrogens (tertiary/aromatic N) is 3. The molecule has 2 heterocycles. The van der Waals surface area contributed by atoms with E-state index in [1.807, 2.05) is 0 Å². The first-order chi connectivity index (χ1) is 11.6. The molecule has 1 aromatic carbocycles. The molecule has 1 saturated heterocycles. The van der Waals surface area contributed by atoms with Gasteiger partial charge in [0.2, 0.25) is 5.95 Å². The molecule has 7 nitrogen and oxygen atoms in total. The van der Waals surface area contributed by atoms with Crippen molar-refractivity contribution in [2.24, 2.45) is 7.05 Å². The number of rotatable bonds is 5. The van der Waals surface area contributed by atoms with Gasteiger partial charge in [-0.1, -0.05) is 0 Å². The minimum absolute atomic E-state index is 0.179. The molecule has 0 radical (unpaired) electrons. The first-order valence-corrected chi connectivity index (χ1v) is 7.91. The summed E-state index contributed by atoms with van der Waals surface area (Å²) in [7, 11) is 1.74. The van der Waals surface area contributed by atoms with Gasteiger partial charge in [-0.3, -0.25) is 10.1 Å². The zero-order valence-corrected chi connectivity index (χ0v) is 13.5. The molecule has 8 heteroatoms. The molecule has 0 saturated carbocycles. The predicted octanol–water partition coefficient (Wildman–Crippen LogP) is 1.44. The van der Waals surface area contributed by atoms with Gasteiger partial charge in [-0.05, 0) is 50.2 Å². The van der Waals surface area contributed by atoms with Gasteiger partial charge in [-0.2, -0.15) is 10.1 Å². The number of benzene rings is 1. The van der Waals surface area contributed by atoms with E-state index in [-0.39, 0.29) is 18.3 Å². The van der Waals surface area contributed by atoms with Crippen LogP contribution in [0, 0.1) is 5.82 Å². The van der Waals surface area contributed by atoms with E-state index in [1.54, 1.807) is 11.7 Å². The third-order valence-corrected chi connectivity index (χ3v) is 3.92. The average molecular weight is 333 g/mol. The number of amides is 1. The lowest BCUT2D eigenvalue weighted by Crippen LogP contribution is -2.27. The summed E-state index contributed by atoms with van der Waals surface area (Å²) in [5.74, 6) is 1.21. The molecule has 128 valence electrons. The molecule has 1 aliphatic rings. The number of carbonyl (C=O) groups is 1. The van der Waals surface area contributed by atoms with Crippen LogP contribution in [-0.4, -0.2) is 40.4 Å². The van der Waals surface area contributed by atoms with Crippen LogP contribution in [0.5, 0.6) is 5.75 Å². The zero-order chi connectivity index (χ0) is 16.9. The van der Waals surface area contributed by atoms with Crippen LogP contribution in [0.2, 0.25) is 0 Å². The fraction of sp³-hybridized carbons (Fsp3) is 0.438. The van der Waals surface area contributed by atoms with Gasteiger partial charge in [0, 0.05) is 13.0 Å². The van der Waals surface area contributed by atoms with Gasteiger partial charge in [-0.25, -0.2) is 9.07 Å². The van der Waals surface area contributed by atoms with Gasteiger partial charge in [0.15, 0.2) is 12.4 Å². The largest absolute Gasteiger partial charge is 0.484 e. The Labute approximate surface area is 139 Å². The Balaban J connectivity index is 1.55. The Morgan fingerprint density at radius 3 is 2.79 bits per heavy atom. The molecule has 0 unspecified atom stereocenters. The van der Waals surface area contributed by atoms with Gasteiger partial charge >= 0.3 is 0 Å². The molecule has 24 heavy (non-hydrogen) atoms. The fourth-order valence-corrected chi connectivity index (χ4v) is 2.61. The highest BCUT2D eigenvalue weighted by atomic mass is 19.1. The molecule has 0 bridgehead atoms. The second-order valence-electron chi connectivity index (χ2n) is 5.73. The number of ether oxygens (including phenoxy) is 1. The normalized spacial score (nSPS) is 15.2. The quantitative estimate of drug-likeness (QED) is 0.865. The number of anilines is 1. The fourth-order valence-electron chi connectivity index (χ4n) is 2.61. The van der Waals surface area contributed by atoms with Crippen molar-refractivity contribution in [3.05, 3.63) is 35.9 Å². The van der Waals surface area contributed by atoms with Crippen LogP contribution < -0.4 is 15.4 Å². The molecule has 2 aromatic rings. The summed E-state index contributed by atoms with van der Waals surface area (Å²) >= 11 is 0. The third-order valence-electron chi connectivity index (χ3n) is 3.92. The van der Waals surface area contributed by atoms with Gasteiger partial charge in [0.05, 0.1) is 0 Å². The Morgan fingerprint density at radius 1 is 1.38 bits per heavy atom. The number of piperidine rings is 1. The van der Waals surface area contributed by atoms with Crippen LogP contribution in [0.15, 0.2) is 24.3 Å². The summed E-state index contributed by atoms with van der Waals surface area (Å²) in [6, 6.07) is 5.50. The Bertz CT molecular complexity index is 695. The summed E-state index contributed by atoms with van der Waals surface area (Å²) < 4.78 is 19.7. The van der Waals surface area contributed by atoms with Crippen molar-refractivity contribution < 1.29 is 13.9 Å². The predicted molar refractivity (Wildman–Crippen MR) is 86.4 cm³/mol.